The number of methoxy groups -OCH3 is 1. The fourth-order valence-corrected chi connectivity index (χ4v) is 4.39. The van der Waals surface area contributed by atoms with Gasteiger partial charge < -0.3 is 4.74 Å². The number of nitrogens with one attached hydrogen (secondary N) is 1. The minimum Gasteiger partial charge on any atom is -0.497 e. The second-order valence-corrected chi connectivity index (χ2v) is 8.93. The molecule has 0 bridgehead atoms. The first-order valence-electron chi connectivity index (χ1n) is 11.1. The van der Waals surface area contributed by atoms with Crippen molar-refractivity contribution in [3.63, 3.8) is 0 Å². The summed E-state index contributed by atoms with van der Waals surface area (Å²) in [4.78, 5) is 28.5. The van der Waals surface area contributed by atoms with Gasteiger partial charge in [-0.1, -0.05) is 42.1 Å². The van der Waals surface area contributed by atoms with E-state index < -0.39 is 0 Å². The van der Waals surface area contributed by atoms with E-state index in [1.54, 1.807) is 42.4 Å². The first kappa shape index (κ1) is 23.8. The number of carbonyl (C=O) groups is 2. The molecule has 3 aromatic rings. The number of rotatable bonds is 9. The van der Waals surface area contributed by atoms with Crippen LogP contribution in [-0.2, 0) is 11.3 Å². The van der Waals surface area contributed by atoms with E-state index >= 15 is 0 Å². The van der Waals surface area contributed by atoms with Gasteiger partial charge in [-0.05, 0) is 29.8 Å². The third-order valence-corrected chi connectivity index (χ3v) is 6.40. The average Bonchev–Trinajstić information content (AvgIpc) is 3.33. The van der Waals surface area contributed by atoms with E-state index in [0.717, 1.165) is 44.5 Å². The van der Waals surface area contributed by atoms with Crippen LogP contribution in [0.3, 0.4) is 0 Å². The Balaban J connectivity index is 1.18. The first-order valence-corrected chi connectivity index (χ1v) is 12.1. The predicted octanol–water partition coefficient (Wildman–Crippen LogP) is 2.33. The lowest BCUT2D eigenvalue weighted by Gasteiger charge is -2.29. The van der Waals surface area contributed by atoms with Gasteiger partial charge in [0.25, 0.3) is 6.20 Å². The Kier molecular flexibility index (Phi) is 8.16. The van der Waals surface area contributed by atoms with E-state index in [4.69, 9.17) is 9.26 Å². The summed E-state index contributed by atoms with van der Waals surface area (Å²) in [5.41, 5.74) is 1.88. The lowest BCUT2D eigenvalue weighted by atomic mass is 10.2. The van der Waals surface area contributed by atoms with Crippen LogP contribution >= 0.6 is 11.8 Å². The number of amides is 1. The molecular formula is C24H28N5O4S+. The van der Waals surface area contributed by atoms with Crippen molar-refractivity contribution in [3.05, 3.63) is 71.9 Å². The molecule has 1 aliphatic rings. The molecule has 0 radical (unpaired) electrons. The van der Waals surface area contributed by atoms with Gasteiger partial charge in [0.1, 0.15) is 5.75 Å². The van der Waals surface area contributed by atoms with Gasteiger partial charge in [-0.2, -0.15) is 5.01 Å². The summed E-state index contributed by atoms with van der Waals surface area (Å²) in [5.74, 6) is 1.11. The normalized spacial score (nSPS) is 14.1. The largest absolute Gasteiger partial charge is 0.497 e. The van der Waals surface area contributed by atoms with Gasteiger partial charge >= 0.3 is 5.88 Å². The molecule has 0 spiro atoms. The molecule has 34 heavy (non-hydrogen) atoms. The van der Waals surface area contributed by atoms with Crippen molar-refractivity contribution >= 4 is 28.7 Å². The van der Waals surface area contributed by atoms with E-state index in [1.807, 2.05) is 6.07 Å². The zero-order valence-electron chi connectivity index (χ0n) is 19.1. The van der Waals surface area contributed by atoms with Crippen LogP contribution in [-0.4, -0.2) is 60.2 Å². The minimum absolute atomic E-state index is 0.0839. The smallest absolute Gasteiger partial charge is 0.305 e. The molecule has 0 aliphatic carbocycles. The number of hydrogen-bond acceptors (Lipinski definition) is 8. The maximum atomic E-state index is 12.2. The SMILES string of the molecule is COc1ccc(C(=O)SCCC(=O)Nc2c[n+](N3CCN(Cc4ccccc4)CC3)no2)cc1. The minimum atomic E-state index is -0.231. The molecule has 1 amide bonds. The number of ether oxygens (including phenoxy) is 1. The Morgan fingerprint density at radius 2 is 1.82 bits per heavy atom. The highest BCUT2D eigenvalue weighted by Crippen LogP contribution is 2.17. The summed E-state index contributed by atoms with van der Waals surface area (Å²) >= 11 is 1.11. The fourth-order valence-electron chi connectivity index (χ4n) is 3.61. The summed E-state index contributed by atoms with van der Waals surface area (Å²) in [6, 6.07) is 17.3. The van der Waals surface area contributed by atoms with E-state index in [9.17, 15) is 9.59 Å². The summed E-state index contributed by atoms with van der Waals surface area (Å²) in [5, 5.41) is 8.72. The predicted molar refractivity (Wildman–Crippen MR) is 129 cm³/mol. The molecule has 0 unspecified atom stereocenters. The highest BCUT2D eigenvalue weighted by molar-refractivity contribution is 8.14. The number of thioether (sulfide) groups is 1. The molecule has 1 aliphatic heterocycles. The topological polar surface area (TPSA) is 91.8 Å². The van der Waals surface area contributed by atoms with Crippen molar-refractivity contribution in [2.45, 2.75) is 13.0 Å². The Morgan fingerprint density at radius 1 is 1.09 bits per heavy atom. The zero-order valence-corrected chi connectivity index (χ0v) is 19.9. The van der Waals surface area contributed by atoms with Gasteiger partial charge in [0, 0.05) is 37.4 Å². The Bertz CT molecular complexity index is 1080. The second-order valence-electron chi connectivity index (χ2n) is 7.86. The van der Waals surface area contributed by atoms with Crippen LogP contribution in [0, 0.1) is 0 Å². The standard InChI is InChI=1S/C24H27N5O4S/c1-32-21-9-7-20(8-10-21)24(31)34-16-11-22(30)25-23-18-29(26-33-23)28-14-12-27(13-15-28)17-19-5-3-2-4-6-19/h2-10,18H,11-17H2,1H3/p+1. The number of hydrogen-bond donors (Lipinski definition) is 1. The van der Waals surface area contributed by atoms with Crippen LogP contribution < -0.4 is 19.9 Å². The molecule has 9 nitrogen and oxygen atoms in total. The average molecular weight is 483 g/mol. The van der Waals surface area contributed by atoms with Crippen molar-refractivity contribution in [3.8, 4) is 5.75 Å². The van der Waals surface area contributed by atoms with Gasteiger partial charge in [0.05, 0.1) is 25.0 Å². The quantitative estimate of drug-likeness (QED) is 0.465. The maximum Gasteiger partial charge on any atom is 0.305 e. The van der Waals surface area contributed by atoms with Crippen LogP contribution in [0.5, 0.6) is 5.75 Å². The maximum absolute atomic E-state index is 12.2. The number of carbonyl (C=O) groups excluding carboxylic acids is 2. The van der Waals surface area contributed by atoms with Crippen molar-refractivity contribution in [1.82, 2.24) is 10.2 Å². The highest BCUT2D eigenvalue weighted by Gasteiger charge is 2.26. The molecule has 4 rings (SSSR count). The molecule has 1 N–H and O–H groups in total. The van der Waals surface area contributed by atoms with Gasteiger partial charge in [-0.3, -0.25) is 24.3 Å². The third-order valence-electron chi connectivity index (χ3n) is 5.49. The van der Waals surface area contributed by atoms with Gasteiger partial charge in [0.15, 0.2) is 0 Å². The van der Waals surface area contributed by atoms with E-state index in [1.165, 1.54) is 5.56 Å². The van der Waals surface area contributed by atoms with Crippen molar-refractivity contribution in [2.75, 3.05) is 49.4 Å². The summed E-state index contributed by atoms with van der Waals surface area (Å²) in [6.07, 6.45) is 1.85. The molecule has 178 valence electrons. The number of aromatic nitrogens is 2. The molecule has 1 fully saturated rings. The van der Waals surface area contributed by atoms with Crippen molar-refractivity contribution in [2.24, 2.45) is 0 Å². The number of piperazine rings is 1. The molecule has 10 heteroatoms. The van der Waals surface area contributed by atoms with Crippen LogP contribution in [0.4, 0.5) is 5.88 Å². The molecule has 2 aromatic carbocycles. The molecule has 0 saturated carbocycles. The van der Waals surface area contributed by atoms with Crippen LogP contribution in [0.15, 0.2) is 65.3 Å². The number of anilines is 1. The zero-order chi connectivity index (χ0) is 23.8. The molecule has 0 atom stereocenters. The third kappa shape index (κ3) is 6.58. The number of benzene rings is 2. The Labute approximate surface area is 202 Å². The van der Waals surface area contributed by atoms with Crippen LogP contribution in [0.25, 0.3) is 0 Å². The Morgan fingerprint density at radius 3 is 2.53 bits per heavy atom. The number of nitrogens with zero attached hydrogens (tertiary/aromatic N) is 4. The molecule has 2 heterocycles. The molecular weight excluding hydrogens is 454 g/mol. The van der Waals surface area contributed by atoms with E-state index in [0.29, 0.717) is 17.1 Å². The lowest BCUT2D eigenvalue weighted by Crippen LogP contribution is -2.65. The monoisotopic (exact) mass is 482 g/mol. The fraction of sp³-hybridized carbons (Fsp3) is 0.333. The van der Waals surface area contributed by atoms with E-state index in [-0.39, 0.29) is 23.3 Å². The second kappa shape index (κ2) is 11.7. The molecule has 1 aromatic heterocycles. The summed E-state index contributed by atoms with van der Waals surface area (Å²) in [7, 11) is 1.58. The van der Waals surface area contributed by atoms with Crippen LogP contribution in [0.1, 0.15) is 22.3 Å². The van der Waals surface area contributed by atoms with Crippen LogP contribution in [0.2, 0.25) is 0 Å². The van der Waals surface area contributed by atoms with Gasteiger partial charge in [-0.15, -0.1) is 0 Å². The first-order chi connectivity index (χ1) is 16.6. The van der Waals surface area contributed by atoms with E-state index in [2.05, 4.69) is 44.8 Å². The van der Waals surface area contributed by atoms with Crippen molar-refractivity contribution in [1.29, 1.82) is 0 Å². The lowest BCUT2D eigenvalue weighted by molar-refractivity contribution is -0.759. The molecule has 1 saturated heterocycles. The van der Waals surface area contributed by atoms with Gasteiger partial charge in [-0.25, -0.2) is 0 Å². The summed E-state index contributed by atoms with van der Waals surface area (Å²) in [6.45, 7) is 4.37. The highest BCUT2D eigenvalue weighted by atomic mass is 32.2. The van der Waals surface area contributed by atoms with Crippen molar-refractivity contribution < 1.29 is 23.6 Å². The van der Waals surface area contributed by atoms with Gasteiger partial charge in [0.2, 0.25) is 16.3 Å². The summed E-state index contributed by atoms with van der Waals surface area (Å²) < 4.78 is 10.4. The Hall–Kier alpha value is -3.37.